The summed E-state index contributed by atoms with van der Waals surface area (Å²) in [6, 6.07) is 11.5. The van der Waals surface area contributed by atoms with Crippen LogP contribution in [0.2, 0.25) is 5.02 Å². The molecule has 0 aliphatic rings. The van der Waals surface area contributed by atoms with Gasteiger partial charge in [-0.05, 0) is 36.6 Å². The van der Waals surface area contributed by atoms with Gasteiger partial charge in [-0.15, -0.1) is 0 Å². The highest BCUT2D eigenvalue weighted by Gasteiger charge is 2.17. The van der Waals surface area contributed by atoms with Gasteiger partial charge in [-0.1, -0.05) is 43.6 Å². The van der Waals surface area contributed by atoms with E-state index >= 15 is 0 Å². The van der Waals surface area contributed by atoms with Gasteiger partial charge in [0.05, 0.1) is 0 Å². The van der Waals surface area contributed by atoms with Crippen molar-refractivity contribution in [2.45, 2.75) is 27.2 Å². The van der Waals surface area contributed by atoms with E-state index in [0.717, 1.165) is 22.5 Å². The number of hydrogen-bond donors (Lipinski definition) is 1. The summed E-state index contributed by atoms with van der Waals surface area (Å²) >= 11 is 6.12. The number of fused-ring (bicyclic) bond motifs is 1. The van der Waals surface area contributed by atoms with Crippen molar-refractivity contribution < 1.29 is 4.79 Å². The molecule has 2 aromatic heterocycles. The lowest BCUT2D eigenvalue weighted by molar-refractivity contribution is -0.116. The zero-order valence-electron chi connectivity index (χ0n) is 14.0. The van der Waals surface area contributed by atoms with Gasteiger partial charge < -0.3 is 5.32 Å². The first kappa shape index (κ1) is 16.5. The Hall–Kier alpha value is -2.33. The lowest BCUT2D eigenvalue weighted by Gasteiger charge is -2.10. The zero-order valence-corrected chi connectivity index (χ0v) is 14.8. The van der Waals surface area contributed by atoms with Gasteiger partial charge in [0.25, 0.3) is 0 Å². The summed E-state index contributed by atoms with van der Waals surface area (Å²) in [6.07, 6.45) is 2.44. The summed E-state index contributed by atoms with van der Waals surface area (Å²) in [5.41, 5.74) is 3.48. The average Bonchev–Trinajstić information content (AvgIpc) is 2.84. The molecule has 0 spiro atoms. The molecule has 1 amide bonds. The first-order valence-electron chi connectivity index (χ1n) is 7.98. The molecule has 1 N–H and O–H groups in total. The topological polar surface area (TPSA) is 46.4 Å². The maximum absolute atomic E-state index is 12.3. The van der Waals surface area contributed by atoms with Crippen molar-refractivity contribution >= 4 is 29.0 Å². The van der Waals surface area contributed by atoms with Crippen LogP contribution in [0.1, 0.15) is 25.8 Å². The minimum absolute atomic E-state index is 0.0171. The Morgan fingerprint density at radius 3 is 2.79 bits per heavy atom. The maximum atomic E-state index is 12.3. The van der Waals surface area contributed by atoms with E-state index in [1.165, 1.54) is 0 Å². The largest absolute Gasteiger partial charge is 0.310 e. The van der Waals surface area contributed by atoms with Crippen LogP contribution >= 0.6 is 11.6 Å². The van der Waals surface area contributed by atoms with Gasteiger partial charge in [0.1, 0.15) is 17.2 Å². The van der Waals surface area contributed by atoms with E-state index in [-0.39, 0.29) is 5.91 Å². The Balaban J connectivity index is 2.13. The normalized spacial score (nSPS) is 11.2. The Bertz CT molecular complexity index is 899. The van der Waals surface area contributed by atoms with Gasteiger partial charge in [-0.3, -0.25) is 9.20 Å². The molecule has 0 fully saturated rings. The fourth-order valence-corrected chi connectivity index (χ4v) is 2.85. The molecule has 24 heavy (non-hydrogen) atoms. The van der Waals surface area contributed by atoms with Crippen LogP contribution in [0.15, 0.2) is 42.6 Å². The maximum Gasteiger partial charge on any atom is 0.225 e. The van der Waals surface area contributed by atoms with Crippen LogP contribution in [0.25, 0.3) is 16.9 Å². The predicted molar refractivity (Wildman–Crippen MR) is 98.5 cm³/mol. The number of nitrogens with one attached hydrogen (secondary N) is 1. The standard InChI is InChI=1S/C19H20ClN3O/c1-12(2)9-17(24)22-19-18(14-5-4-6-15(20)10-14)21-16-8-7-13(3)11-23(16)19/h4-8,10-12H,9H2,1-3H3,(H,22,24). The molecule has 1 aromatic carbocycles. The molecule has 124 valence electrons. The Morgan fingerprint density at radius 1 is 1.29 bits per heavy atom. The summed E-state index contributed by atoms with van der Waals surface area (Å²) in [7, 11) is 0. The summed E-state index contributed by atoms with van der Waals surface area (Å²) in [5.74, 6) is 0.957. The minimum atomic E-state index is -0.0171. The molecule has 0 unspecified atom stereocenters. The van der Waals surface area contributed by atoms with E-state index in [9.17, 15) is 4.79 Å². The second-order valence-corrected chi connectivity index (χ2v) is 6.84. The van der Waals surface area contributed by atoms with E-state index in [0.29, 0.717) is 23.2 Å². The lowest BCUT2D eigenvalue weighted by Crippen LogP contribution is -2.15. The third-order valence-corrected chi connectivity index (χ3v) is 3.95. The second kappa shape index (κ2) is 6.65. The third kappa shape index (κ3) is 3.44. The van der Waals surface area contributed by atoms with Crippen LogP contribution in [0, 0.1) is 12.8 Å². The monoisotopic (exact) mass is 341 g/mol. The molecule has 5 heteroatoms. The van der Waals surface area contributed by atoms with Gasteiger partial charge >= 0.3 is 0 Å². The molecular weight excluding hydrogens is 322 g/mol. The van der Waals surface area contributed by atoms with Gasteiger partial charge in [0, 0.05) is 23.2 Å². The fourth-order valence-electron chi connectivity index (χ4n) is 2.66. The molecule has 2 heterocycles. The number of hydrogen-bond acceptors (Lipinski definition) is 2. The van der Waals surface area contributed by atoms with Crippen molar-refractivity contribution in [2.24, 2.45) is 5.92 Å². The first-order valence-corrected chi connectivity index (χ1v) is 8.36. The SMILES string of the molecule is Cc1ccc2nc(-c3cccc(Cl)c3)c(NC(=O)CC(C)C)n2c1. The Labute approximate surface area is 146 Å². The molecule has 0 atom stereocenters. The minimum Gasteiger partial charge on any atom is -0.310 e. The molecule has 0 aliphatic heterocycles. The summed E-state index contributed by atoms with van der Waals surface area (Å²) in [4.78, 5) is 17.0. The van der Waals surface area contributed by atoms with Gasteiger partial charge in [-0.2, -0.15) is 0 Å². The molecule has 0 aliphatic carbocycles. The van der Waals surface area contributed by atoms with Crippen LogP contribution < -0.4 is 5.32 Å². The van der Waals surface area contributed by atoms with Crippen LogP contribution in [-0.2, 0) is 4.79 Å². The first-order chi connectivity index (χ1) is 11.4. The molecule has 3 aromatic rings. The Morgan fingerprint density at radius 2 is 2.08 bits per heavy atom. The molecule has 4 nitrogen and oxygen atoms in total. The average molecular weight is 342 g/mol. The smallest absolute Gasteiger partial charge is 0.225 e. The molecule has 0 saturated heterocycles. The molecule has 3 rings (SSSR count). The van der Waals surface area contributed by atoms with Crippen molar-refractivity contribution in [1.29, 1.82) is 0 Å². The van der Waals surface area contributed by atoms with Gasteiger partial charge in [0.2, 0.25) is 5.91 Å². The van der Waals surface area contributed by atoms with Crippen LogP contribution in [0.4, 0.5) is 5.82 Å². The number of imidazole rings is 1. The Kier molecular flexibility index (Phi) is 4.58. The number of rotatable bonds is 4. The fraction of sp³-hybridized carbons (Fsp3) is 0.263. The van der Waals surface area contributed by atoms with Gasteiger partial charge in [0.15, 0.2) is 0 Å². The number of anilines is 1. The van der Waals surface area contributed by atoms with Gasteiger partial charge in [-0.25, -0.2) is 4.98 Å². The van der Waals surface area contributed by atoms with Crippen LogP contribution in [0.3, 0.4) is 0 Å². The van der Waals surface area contributed by atoms with Crippen molar-refractivity contribution in [1.82, 2.24) is 9.38 Å². The van der Waals surface area contributed by atoms with E-state index in [2.05, 4.69) is 10.3 Å². The molecular formula is C19H20ClN3O. The number of nitrogens with zero attached hydrogens (tertiary/aromatic N) is 2. The lowest BCUT2D eigenvalue weighted by atomic mass is 10.1. The number of pyridine rings is 1. The highest BCUT2D eigenvalue weighted by Crippen LogP contribution is 2.30. The number of carbonyl (C=O) groups excluding carboxylic acids is 1. The second-order valence-electron chi connectivity index (χ2n) is 6.40. The number of aryl methyl sites for hydroxylation is 1. The highest BCUT2D eigenvalue weighted by atomic mass is 35.5. The zero-order chi connectivity index (χ0) is 17.3. The molecule has 0 saturated carbocycles. The number of benzene rings is 1. The molecule has 0 radical (unpaired) electrons. The summed E-state index contributed by atoms with van der Waals surface area (Å²) < 4.78 is 1.92. The van der Waals surface area contributed by atoms with E-state index in [1.807, 2.05) is 67.8 Å². The third-order valence-electron chi connectivity index (χ3n) is 3.72. The summed E-state index contributed by atoms with van der Waals surface area (Å²) in [5, 5.41) is 3.67. The van der Waals surface area contributed by atoms with E-state index < -0.39 is 0 Å². The molecule has 0 bridgehead atoms. The highest BCUT2D eigenvalue weighted by molar-refractivity contribution is 6.30. The van der Waals surface area contributed by atoms with Crippen LogP contribution in [0.5, 0.6) is 0 Å². The quantitative estimate of drug-likeness (QED) is 0.730. The van der Waals surface area contributed by atoms with Crippen molar-refractivity contribution in [3.8, 4) is 11.3 Å². The predicted octanol–water partition coefficient (Wildman–Crippen LogP) is 4.95. The van der Waals surface area contributed by atoms with E-state index in [4.69, 9.17) is 11.6 Å². The van der Waals surface area contributed by atoms with Crippen LogP contribution in [-0.4, -0.2) is 15.3 Å². The van der Waals surface area contributed by atoms with Crippen molar-refractivity contribution in [2.75, 3.05) is 5.32 Å². The number of amides is 1. The number of aromatic nitrogens is 2. The summed E-state index contributed by atoms with van der Waals surface area (Å²) in [6.45, 7) is 6.06. The number of halogens is 1. The number of carbonyl (C=O) groups is 1. The van der Waals surface area contributed by atoms with Crippen molar-refractivity contribution in [3.63, 3.8) is 0 Å². The van der Waals surface area contributed by atoms with E-state index in [1.54, 1.807) is 0 Å². The van der Waals surface area contributed by atoms with Crippen molar-refractivity contribution in [3.05, 3.63) is 53.2 Å².